The Kier molecular flexibility index (Phi) is 4.00. The summed E-state index contributed by atoms with van der Waals surface area (Å²) in [5.74, 6) is 1.38. The maximum absolute atomic E-state index is 4.66. The van der Waals surface area contributed by atoms with Crippen LogP contribution in [0.15, 0.2) is 77.2 Å². The van der Waals surface area contributed by atoms with E-state index in [-0.39, 0.29) is 0 Å². The van der Waals surface area contributed by atoms with Gasteiger partial charge in [0.25, 0.3) is 0 Å². The lowest BCUT2D eigenvalue weighted by Gasteiger charge is -2.08. The number of fused-ring (bicyclic) bond motifs is 1. The predicted octanol–water partition coefficient (Wildman–Crippen LogP) is 4.80. The van der Waals surface area contributed by atoms with E-state index in [1.165, 1.54) is 0 Å². The number of hydrogen-bond donors (Lipinski definition) is 1. The Morgan fingerprint density at radius 2 is 1.71 bits per heavy atom. The van der Waals surface area contributed by atoms with E-state index < -0.39 is 0 Å². The van der Waals surface area contributed by atoms with Gasteiger partial charge >= 0.3 is 0 Å². The normalized spacial score (nSPS) is 11.2. The molecule has 2 aromatic heterocycles. The smallest absolute Gasteiger partial charge is 0.162 e. The summed E-state index contributed by atoms with van der Waals surface area (Å²) in [6, 6.07) is 21.9. The topological polar surface area (TPSA) is 50.2 Å². The van der Waals surface area contributed by atoms with Gasteiger partial charge in [0.1, 0.15) is 0 Å². The Labute approximate surface area is 143 Å². The number of nitrogens with one attached hydrogen (secondary N) is 1. The highest BCUT2D eigenvalue weighted by Crippen LogP contribution is 2.24. The minimum Gasteiger partial charge on any atom is -0.261 e. The molecule has 1 N–H and O–H groups in total. The molecule has 4 aromatic rings. The van der Waals surface area contributed by atoms with E-state index in [0.717, 1.165) is 21.3 Å². The largest absolute Gasteiger partial charge is 0.261 e. The number of rotatable bonds is 4. The zero-order valence-corrected chi connectivity index (χ0v) is 13.6. The molecule has 0 unspecified atom stereocenters. The minimum absolute atomic E-state index is 0.683. The first-order valence-electron chi connectivity index (χ1n) is 7.55. The van der Waals surface area contributed by atoms with Gasteiger partial charge in [0.2, 0.25) is 0 Å². The first-order valence-corrected chi connectivity index (χ1v) is 8.43. The summed E-state index contributed by atoms with van der Waals surface area (Å²) in [7, 11) is 0. The Morgan fingerprint density at radius 1 is 0.875 bits per heavy atom. The van der Waals surface area contributed by atoms with Crippen molar-refractivity contribution < 1.29 is 0 Å². The molecule has 0 aliphatic carbocycles. The van der Waals surface area contributed by atoms with Crippen LogP contribution in [-0.4, -0.2) is 16.2 Å². The second-order valence-corrected chi connectivity index (χ2v) is 6.14. The van der Waals surface area contributed by atoms with Crippen LogP contribution in [0.5, 0.6) is 0 Å². The van der Waals surface area contributed by atoms with Crippen LogP contribution in [0.25, 0.3) is 22.3 Å². The number of hydrogen-bond acceptors (Lipinski definition) is 5. The molecule has 5 heteroatoms. The fourth-order valence-corrected chi connectivity index (χ4v) is 2.98. The van der Waals surface area contributed by atoms with E-state index in [4.69, 9.17) is 0 Å². The third-order valence-corrected chi connectivity index (χ3v) is 4.35. The Bertz CT molecular complexity index is 979. The Morgan fingerprint density at radius 3 is 2.54 bits per heavy atom. The Hall–Kier alpha value is -3.05. The molecule has 24 heavy (non-hydrogen) atoms. The van der Waals surface area contributed by atoms with Gasteiger partial charge in [0.05, 0.1) is 11.7 Å². The molecule has 2 heterocycles. The van der Waals surface area contributed by atoms with E-state index in [0.29, 0.717) is 11.6 Å². The maximum Gasteiger partial charge on any atom is 0.162 e. The van der Waals surface area contributed by atoms with Crippen LogP contribution in [0.2, 0.25) is 0 Å². The van der Waals surface area contributed by atoms with Crippen LogP contribution in [-0.2, 0) is 0 Å². The van der Waals surface area contributed by atoms with Gasteiger partial charge in [-0.25, -0.2) is 9.97 Å². The van der Waals surface area contributed by atoms with Gasteiger partial charge in [-0.05, 0) is 23.6 Å². The molecule has 0 saturated heterocycles. The summed E-state index contributed by atoms with van der Waals surface area (Å²) in [4.78, 5) is 10.4. The average molecular weight is 330 g/mol. The van der Waals surface area contributed by atoms with E-state index in [2.05, 4.69) is 20.5 Å². The third kappa shape index (κ3) is 3.02. The van der Waals surface area contributed by atoms with Crippen molar-refractivity contribution in [3.05, 3.63) is 77.0 Å². The molecule has 0 aliphatic heterocycles. The molecule has 0 saturated carbocycles. The zero-order chi connectivity index (χ0) is 16.2. The van der Waals surface area contributed by atoms with Crippen LogP contribution in [0.4, 0.5) is 5.82 Å². The van der Waals surface area contributed by atoms with Gasteiger partial charge in [-0.15, -0.1) is 11.3 Å². The average Bonchev–Trinajstić information content (AvgIpc) is 3.16. The van der Waals surface area contributed by atoms with Crippen LogP contribution < -0.4 is 5.43 Å². The number of hydrazone groups is 1. The molecule has 0 aliphatic rings. The number of nitrogens with zero attached hydrogens (tertiary/aromatic N) is 3. The molecule has 0 bridgehead atoms. The Balaban J connectivity index is 1.75. The predicted molar refractivity (Wildman–Crippen MR) is 101 cm³/mol. The molecular formula is C19H14N4S. The number of anilines is 1. The van der Waals surface area contributed by atoms with Crippen LogP contribution in [0.1, 0.15) is 4.88 Å². The summed E-state index contributed by atoms with van der Waals surface area (Å²) in [5, 5.41) is 7.28. The van der Waals surface area contributed by atoms with Crippen LogP contribution >= 0.6 is 11.3 Å². The summed E-state index contributed by atoms with van der Waals surface area (Å²) in [6.07, 6.45) is 1.80. The highest BCUT2D eigenvalue weighted by Gasteiger charge is 2.08. The second kappa shape index (κ2) is 6.60. The number of para-hydroxylation sites is 1. The van der Waals surface area contributed by atoms with Crippen molar-refractivity contribution >= 4 is 34.3 Å². The summed E-state index contributed by atoms with van der Waals surface area (Å²) in [5.41, 5.74) is 4.93. The second-order valence-electron chi connectivity index (χ2n) is 5.16. The molecule has 0 spiro atoms. The molecule has 0 radical (unpaired) electrons. The molecule has 4 nitrogen and oxygen atoms in total. The van der Waals surface area contributed by atoms with Crippen molar-refractivity contribution in [1.29, 1.82) is 0 Å². The highest BCUT2D eigenvalue weighted by atomic mass is 32.1. The van der Waals surface area contributed by atoms with Gasteiger partial charge in [-0.2, -0.15) is 5.10 Å². The molecule has 4 rings (SSSR count). The van der Waals surface area contributed by atoms with Gasteiger partial charge in [-0.1, -0.05) is 48.5 Å². The summed E-state index contributed by atoms with van der Waals surface area (Å²) < 4.78 is 0. The molecule has 0 atom stereocenters. The van der Waals surface area contributed by atoms with E-state index in [9.17, 15) is 0 Å². The SMILES string of the molecule is C(=N/Nc1nc(-c2ccccc2)nc2ccccc12)/c1cccs1. The maximum atomic E-state index is 4.66. The zero-order valence-electron chi connectivity index (χ0n) is 12.8. The lowest BCUT2D eigenvalue weighted by atomic mass is 10.2. The van der Waals surface area contributed by atoms with Gasteiger partial charge in [0, 0.05) is 15.8 Å². The van der Waals surface area contributed by atoms with E-state index in [1.807, 2.05) is 72.1 Å². The highest BCUT2D eigenvalue weighted by molar-refractivity contribution is 7.11. The minimum atomic E-state index is 0.683. The fraction of sp³-hybridized carbons (Fsp3) is 0. The number of thiophene rings is 1. The molecular weight excluding hydrogens is 316 g/mol. The molecule has 2 aromatic carbocycles. The van der Waals surface area contributed by atoms with Crippen molar-refractivity contribution in [3.8, 4) is 11.4 Å². The first-order chi connectivity index (χ1) is 11.9. The monoisotopic (exact) mass is 330 g/mol. The van der Waals surface area contributed by atoms with Crippen LogP contribution in [0, 0.1) is 0 Å². The van der Waals surface area contributed by atoms with Crippen molar-refractivity contribution in [1.82, 2.24) is 9.97 Å². The quantitative estimate of drug-likeness (QED) is 0.432. The summed E-state index contributed by atoms with van der Waals surface area (Å²) >= 11 is 1.64. The van der Waals surface area contributed by atoms with E-state index >= 15 is 0 Å². The van der Waals surface area contributed by atoms with Gasteiger partial charge < -0.3 is 0 Å². The van der Waals surface area contributed by atoms with Crippen LogP contribution in [0.3, 0.4) is 0 Å². The van der Waals surface area contributed by atoms with E-state index in [1.54, 1.807) is 17.6 Å². The third-order valence-electron chi connectivity index (χ3n) is 3.54. The van der Waals surface area contributed by atoms with Gasteiger partial charge in [0.15, 0.2) is 11.6 Å². The van der Waals surface area contributed by atoms with Crippen molar-refractivity contribution in [2.75, 3.05) is 5.43 Å². The molecule has 0 amide bonds. The lowest BCUT2D eigenvalue weighted by Crippen LogP contribution is -1.99. The van der Waals surface area contributed by atoms with Crippen molar-refractivity contribution in [3.63, 3.8) is 0 Å². The number of aromatic nitrogens is 2. The fourth-order valence-electron chi connectivity index (χ4n) is 2.40. The van der Waals surface area contributed by atoms with Gasteiger partial charge in [-0.3, -0.25) is 5.43 Å². The first kappa shape index (κ1) is 14.5. The number of benzene rings is 2. The molecule has 116 valence electrons. The van der Waals surface area contributed by atoms with Crippen molar-refractivity contribution in [2.45, 2.75) is 0 Å². The van der Waals surface area contributed by atoms with Crippen molar-refractivity contribution in [2.24, 2.45) is 5.10 Å². The lowest BCUT2D eigenvalue weighted by molar-refractivity contribution is 1.19. The standard InChI is InChI=1S/C19H14N4S/c1-2-7-14(8-3-1)18-21-17-11-5-4-10-16(17)19(22-18)23-20-13-15-9-6-12-24-15/h1-13H,(H,21,22,23)/b20-13-. The molecule has 0 fully saturated rings. The summed E-state index contributed by atoms with van der Waals surface area (Å²) in [6.45, 7) is 0.